The van der Waals surface area contributed by atoms with E-state index < -0.39 is 15.6 Å². The number of hydrogen-bond donors (Lipinski definition) is 3. The molecule has 0 aliphatic rings. The van der Waals surface area contributed by atoms with E-state index in [2.05, 4.69) is 20.3 Å². The smallest absolute Gasteiger partial charge is 0.241 e. The maximum absolute atomic E-state index is 12.6. The summed E-state index contributed by atoms with van der Waals surface area (Å²) in [6, 6.07) is 6.92. The second-order valence-electron chi connectivity index (χ2n) is 6.31. The zero-order valence-electron chi connectivity index (χ0n) is 15.4. The number of methoxy groups -OCH3 is 1. The fraction of sp³-hybridized carbons (Fsp3) is 0.562. The Morgan fingerprint density at radius 2 is 1.84 bits per heavy atom. The molecule has 1 aromatic rings. The number of rotatable bonds is 7. The number of sulfonamides is 1. The van der Waals surface area contributed by atoms with Crippen molar-refractivity contribution in [3.63, 3.8) is 0 Å². The largest absolute Gasteiger partial charge is 0.383 e. The maximum Gasteiger partial charge on any atom is 0.241 e. The molecule has 0 aromatic heterocycles. The van der Waals surface area contributed by atoms with Crippen molar-refractivity contribution in [1.29, 1.82) is 0 Å². The molecular formula is C16H29IN4O3S. The lowest BCUT2D eigenvalue weighted by atomic mass is 10.1. The molecule has 0 aliphatic heterocycles. The van der Waals surface area contributed by atoms with Gasteiger partial charge in [-0.3, -0.25) is 4.99 Å². The van der Waals surface area contributed by atoms with Crippen LogP contribution >= 0.6 is 24.0 Å². The number of aliphatic imine (C=N–C) groups is 1. The van der Waals surface area contributed by atoms with E-state index >= 15 is 0 Å². The summed E-state index contributed by atoms with van der Waals surface area (Å²) in [6.45, 7) is 6.95. The molecule has 0 saturated carbocycles. The second kappa shape index (κ2) is 10.9. The van der Waals surface area contributed by atoms with Crippen molar-refractivity contribution < 1.29 is 13.2 Å². The third-order valence-corrected chi connectivity index (χ3v) is 4.83. The summed E-state index contributed by atoms with van der Waals surface area (Å²) in [4.78, 5) is 4.36. The standard InChI is InChI=1S/C16H28N4O3S.HI/c1-16(2,3)20-24(21,22)14-9-7-6-8-13(14)12-19-15(17-4)18-10-11-23-5;/h6-9,20H,10-12H2,1-5H3,(H2,17,18,19);1H. The van der Waals surface area contributed by atoms with Crippen LogP contribution in [-0.4, -0.2) is 47.2 Å². The van der Waals surface area contributed by atoms with E-state index in [-0.39, 0.29) is 28.9 Å². The zero-order chi connectivity index (χ0) is 18.2. The number of ether oxygens (including phenoxy) is 1. The topological polar surface area (TPSA) is 91.8 Å². The number of hydrogen-bond acceptors (Lipinski definition) is 4. The van der Waals surface area contributed by atoms with Crippen LogP contribution in [-0.2, 0) is 21.3 Å². The van der Waals surface area contributed by atoms with E-state index in [1.54, 1.807) is 32.4 Å². The molecule has 0 unspecified atom stereocenters. The Hall–Kier alpha value is -0.910. The van der Waals surface area contributed by atoms with Gasteiger partial charge in [0.1, 0.15) is 0 Å². The molecule has 0 heterocycles. The summed E-state index contributed by atoms with van der Waals surface area (Å²) in [7, 11) is -0.310. The van der Waals surface area contributed by atoms with Crippen molar-refractivity contribution in [3.05, 3.63) is 29.8 Å². The number of benzene rings is 1. The Morgan fingerprint density at radius 1 is 1.20 bits per heavy atom. The Bertz CT molecular complexity index is 658. The molecule has 144 valence electrons. The van der Waals surface area contributed by atoms with Crippen LogP contribution in [0, 0.1) is 0 Å². The second-order valence-corrected chi connectivity index (χ2v) is 7.96. The SMILES string of the molecule is CN=C(NCCOC)NCc1ccccc1S(=O)(=O)NC(C)(C)C.I. The highest BCUT2D eigenvalue weighted by Gasteiger charge is 2.24. The van der Waals surface area contributed by atoms with Gasteiger partial charge in [0.2, 0.25) is 10.0 Å². The van der Waals surface area contributed by atoms with Crippen molar-refractivity contribution in [2.75, 3.05) is 27.3 Å². The molecule has 0 saturated heterocycles. The molecule has 0 amide bonds. The van der Waals surface area contributed by atoms with E-state index in [0.29, 0.717) is 31.2 Å². The summed E-state index contributed by atoms with van der Waals surface area (Å²) in [6.07, 6.45) is 0. The van der Waals surface area contributed by atoms with Gasteiger partial charge in [0.15, 0.2) is 5.96 Å². The predicted molar refractivity (Wildman–Crippen MR) is 112 cm³/mol. The minimum absolute atomic E-state index is 0. The Labute approximate surface area is 168 Å². The van der Waals surface area contributed by atoms with Crippen molar-refractivity contribution >= 4 is 40.0 Å². The van der Waals surface area contributed by atoms with Crippen LogP contribution in [0.25, 0.3) is 0 Å². The normalized spacial score (nSPS) is 12.4. The lowest BCUT2D eigenvalue weighted by molar-refractivity contribution is 0.203. The average Bonchev–Trinajstić information content (AvgIpc) is 2.48. The van der Waals surface area contributed by atoms with Crippen molar-refractivity contribution in [3.8, 4) is 0 Å². The Morgan fingerprint density at radius 3 is 2.40 bits per heavy atom. The molecule has 0 aliphatic carbocycles. The monoisotopic (exact) mass is 484 g/mol. The highest BCUT2D eigenvalue weighted by molar-refractivity contribution is 14.0. The molecule has 0 atom stereocenters. The van der Waals surface area contributed by atoms with Gasteiger partial charge in [0.25, 0.3) is 0 Å². The van der Waals surface area contributed by atoms with Gasteiger partial charge in [0.05, 0.1) is 11.5 Å². The molecule has 0 bridgehead atoms. The van der Waals surface area contributed by atoms with Gasteiger partial charge in [-0.1, -0.05) is 18.2 Å². The van der Waals surface area contributed by atoms with E-state index in [9.17, 15) is 8.42 Å². The summed E-state index contributed by atoms with van der Waals surface area (Å²) < 4.78 is 32.8. The highest BCUT2D eigenvalue weighted by Crippen LogP contribution is 2.17. The first-order valence-electron chi connectivity index (χ1n) is 7.75. The van der Waals surface area contributed by atoms with Gasteiger partial charge in [-0.15, -0.1) is 24.0 Å². The molecule has 0 radical (unpaired) electrons. The quantitative estimate of drug-likeness (QED) is 0.237. The first-order chi connectivity index (χ1) is 11.2. The summed E-state index contributed by atoms with van der Waals surface area (Å²) in [5.41, 5.74) is 0.126. The van der Waals surface area contributed by atoms with Gasteiger partial charge < -0.3 is 15.4 Å². The number of halogens is 1. The summed E-state index contributed by atoms with van der Waals surface area (Å²) in [5.74, 6) is 0.586. The van der Waals surface area contributed by atoms with Gasteiger partial charge >= 0.3 is 0 Å². The number of guanidine groups is 1. The van der Waals surface area contributed by atoms with Crippen LogP contribution in [0.1, 0.15) is 26.3 Å². The fourth-order valence-electron chi connectivity index (χ4n) is 2.04. The van der Waals surface area contributed by atoms with Crippen LogP contribution < -0.4 is 15.4 Å². The van der Waals surface area contributed by atoms with Crippen LogP contribution in [0.3, 0.4) is 0 Å². The Kier molecular flexibility index (Phi) is 10.5. The van der Waals surface area contributed by atoms with Crippen LogP contribution in [0.2, 0.25) is 0 Å². The van der Waals surface area contributed by atoms with Crippen molar-refractivity contribution in [2.45, 2.75) is 37.8 Å². The first kappa shape index (κ1) is 24.1. The predicted octanol–water partition coefficient (Wildman–Crippen LogP) is 1.69. The Balaban J connectivity index is 0.00000576. The van der Waals surface area contributed by atoms with E-state index in [1.165, 1.54) is 0 Å². The molecule has 0 spiro atoms. The summed E-state index contributed by atoms with van der Waals surface area (Å²) >= 11 is 0. The van der Waals surface area contributed by atoms with Crippen LogP contribution in [0.15, 0.2) is 34.2 Å². The fourth-order valence-corrected chi connectivity index (χ4v) is 3.70. The van der Waals surface area contributed by atoms with Crippen LogP contribution in [0.4, 0.5) is 0 Å². The zero-order valence-corrected chi connectivity index (χ0v) is 18.6. The molecule has 0 fully saturated rings. The average molecular weight is 484 g/mol. The maximum atomic E-state index is 12.6. The third kappa shape index (κ3) is 8.84. The highest BCUT2D eigenvalue weighted by atomic mass is 127. The lowest BCUT2D eigenvalue weighted by Gasteiger charge is -2.22. The van der Waals surface area contributed by atoms with Crippen molar-refractivity contribution in [2.24, 2.45) is 4.99 Å². The minimum Gasteiger partial charge on any atom is -0.383 e. The minimum atomic E-state index is -3.59. The van der Waals surface area contributed by atoms with Crippen LogP contribution in [0.5, 0.6) is 0 Å². The van der Waals surface area contributed by atoms with E-state index in [1.807, 2.05) is 26.8 Å². The molecular weight excluding hydrogens is 455 g/mol. The first-order valence-corrected chi connectivity index (χ1v) is 9.23. The third-order valence-electron chi connectivity index (χ3n) is 2.97. The molecule has 25 heavy (non-hydrogen) atoms. The summed E-state index contributed by atoms with van der Waals surface area (Å²) in [5, 5.41) is 6.20. The molecule has 1 aromatic carbocycles. The van der Waals surface area contributed by atoms with Gasteiger partial charge in [-0.05, 0) is 32.4 Å². The van der Waals surface area contributed by atoms with Gasteiger partial charge in [-0.2, -0.15) is 0 Å². The molecule has 9 heteroatoms. The van der Waals surface area contributed by atoms with Gasteiger partial charge in [0, 0.05) is 32.8 Å². The lowest BCUT2D eigenvalue weighted by Crippen LogP contribution is -2.41. The molecule has 1 rings (SSSR count). The molecule has 3 N–H and O–H groups in total. The van der Waals surface area contributed by atoms with E-state index in [4.69, 9.17) is 4.74 Å². The number of nitrogens with zero attached hydrogens (tertiary/aromatic N) is 1. The van der Waals surface area contributed by atoms with E-state index in [0.717, 1.165) is 0 Å². The van der Waals surface area contributed by atoms with Crippen molar-refractivity contribution in [1.82, 2.24) is 15.4 Å². The molecule has 7 nitrogen and oxygen atoms in total. The van der Waals surface area contributed by atoms with Gasteiger partial charge in [-0.25, -0.2) is 13.1 Å². The number of nitrogens with one attached hydrogen (secondary N) is 3.